The van der Waals surface area contributed by atoms with Gasteiger partial charge in [-0.1, -0.05) is 18.2 Å². The molecule has 2 aromatic carbocycles. The van der Waals surface area contributed by atoms with Gasteiger partial charge in [0, 0.05) is 15.0 Å². The average Bonchev–Trinajstić information content (AvgIpc) is 2.81. The zero-order valence-corrected chi connectivity index (χ0v) is 11.4. The molecule has 0 spiro atoms. The second-order valence-electron chi connectivity index (χ2n) is 4.51. The van der Waals surface area contributed by atoms with E-state index in [1.807, 2.05) is 49.4 Å². The fraction of sp³-hybridized carbons (Fsp3) is 0.125. The molecule has 3 heteroatoms. The number of ether oxygens (including phenoxy) is 1. The molecule has 1 heterocycles. The fourth-order valence-corrected chi connectivity index (χ4v) is 3.03. The third-order valence-electron chi connectivity index (χ3n) is 2.96. The topological polar surface area (TPSA) is 29.5 Å². The predicted octanol–water partition coefficient (Wildman–Crippen LogP) is 4.49. The minimum Gasteiger partial charge on any atom is -0.507 e. The van der Waals surface area contributed by atoms with Crippen LogP contribution in [0.25, 0.3) is 10.1 Å². The molecule has 0 bridgehead atoms. The quantitative estimate of drug-likeness (QED) is 0.759. The lowest BCUT2D eigenvalue weighted by molar-refractivity contribution is 0.309. The fourth-order valence-electron chi connectivity index (χ4n) is 2.03. The van der Waals surface area contributed by atoms with Gasteiger partial charge >= 0.3 is 0 Å². The molecule has 0 saturated carbocycles. The summed E-state index contributed by atoms with van der Waals surface area (Å²) in [4.78, 5) is 1.11. The van der Waals surface area contributed by atoms with Crippen molar-refractivity contribution < 1.29 is 9.84 Å². The normalized spacial score (nSPS) is 10.8. The van der Waals surface area contributed by atoms with Gasteiger partial charge in [0.15, 0.2) is 0 Å². The molecule has 2 nitrogen and oxygen atoms in total. The maximum atomic E-state index is 9.77. The second-order valence-corrected chi connectivity index (χ2v) is 5.68. The number of rotatable bonds is 3. The Kier molecular flexibility index (Phi) is 3.13. The van der Waals surface area contributed by atoms with E-state index in [-0.39, 0.29) is 0 Å². The van der Waals surface area contributed by atoms with Crippen LogP contribution in [0.4, 0.5) is 0 Å². The van der Waals surface area contributed by atoms with Crippen molar-refractivity contribution >= 4 is 21.4 Å². The molecule has 19 heavy (non-hydrogen) atoms. The summed E-state index contributed by atoms with van der Waals surface area (Å²) in [6, 6.07) is 15.6. The molecular formula is C16H14O2S. The summed E-state index contributed by atoms with van der Waals surface area (Å²) in [7, 11) is 0. The number of fused-ring (bicyclic) bond motifs is 1. The summed E-state index contributed by atoms with van der Waals surface area (Å²) in [5.74, 6) is 1.21. The van der Waals surface area contributed by atoms with Crippen LogP contribution in [0, 0.1) is 6.92 Å². The molecular weight excluding hydrogens is 256 g/mol. The van der Waals surface area contributed by atoms with Gasteiger partial charge in [0.05, 0.1) is 0 Å². The maximum Gasteiger partial charge on any atom is 0.124 e. The van der Waals surface area contributed by atoms with Crippen LogP contribution in [0.15, 0.2) is 48.5 Å². The third kappa shape index (κ3) is 2.56. The minimum absolute atomic E-state index is 0.329. The van der Waals surface area contributed by atoms with E-state index in [1.54, 1.807) is 17.4 Å². The zero-order chi connectivity index (χ0) is 13.2. The van der Waals surface area contributed by atoms with Crippen LogP contribution < -0.4 is 4.74 Å². The Balaban J connectivity index is 1.80. The van der Waals surface area contributed by atoms with Gasteiger partial charge in [-0.2, -0.15) is 0 Å². The van der Waals surface area contributed by atoms with E-state index in [1.165, 1.54) is 5.56 Å². The van der Waals surface area contributed by atoms with Crippen molar-refractivity contribution in [3.8, 4) is 11.5 Å². The van der Waals surface area contributed by atoms with Crippen molar-refractivity contribution in [2.45, 2.75) is 13.5 Å². The van der Waals surface area contributed by atoms with E-state index < -0.39 is 0 Å². The molecule has 0 aliphatic carbocycles. The summed E-state index contributed by atoms with van der Waals surface area (Å²) < 4.78 is 6.86. The van der Waals surface area contributed by atoms with Crippen LogP contribution in [0.1, 0.15) is 10.4 Å². The molecule has 0 saturated heterocycles. The van der Waals surface area contributed by atoms with Crippen LogP contribution >= 0.6 is 11.3 Å². The molecule has 0 aliphatic rings. The van der Waals surface area contributed by atoms with Gasteiger partial charge in [0.25, 0.3) is 0 Å². The summed E-state index contributed by atoms with van der Waals surface area (Å²) in [6.45, 7) is 2.58. The van der Waals surface area contributed by atoms with Gasteiger partial charge in [0.2, 0.25) is 0 Å². The standard InChI is InChI=1S/C16H14O2S/c1-11-4-2-5-12(8-11)18-10-13-9-14-15(17)6-3-7-16(14)19-13/h2-9,17H,10H2,1H3. The largest absolute Gasteiger partial charge is 0.507 e. The van der Waals surface area contributed by atoms with Crippen LogP contribution in [-0.2, 0) is 6.61 Å². The lowest BCUT2D eigenvalue weighted by Gasteiger charge is -2.04. The third-order valence-corrected chi connectivity index (χ3v) is 4.03. The number of hydrogen-bond donors (Lipinski definition) is 1. The highest BCUT2D eigenvalue weighted by Crippen LogP contribution is 2.32. The Morgan fingerprint density at radius 3 is 2.74 bits per heavy atom. The Hall–Kier alpha value is -2.00. The van der Waals surface area contributed by atoms with Gasteiger partial charge in [0.1, 0.15) is 18.1 Å². The minimum atomic E-state index is 0.329. The number of phenols is 1. The summed E-state index contributed by atoms with van der Waals surface area (Å²) in [5, 5.41) is 10.7. The SMILES string of the molecule is Cc1cccc(OCc2cc3c(O)cccc3s2)c1. The average molecular weight is 270 g/mol. The molecule has 0 amide bonds. The molecule has 0 atom stereocenters. The van der Waals surface area contributed by atoms with Crippen molar-refractivity contribution in [2.75, 3.05) is 0 Å². The van der Waals surface area contributed by atoms with Crippen LogP contribution in [0.3, 0.4) is 0 Å². The Morgan fingerprint density at radius 2 is 1.95 bits per heavy atom. The summed E-state index contributed by atoms with van der Waals surface area (Å²) in [6.07, 6.45) is 0. The number of phenolic OH excluding ortho intramolecular Hbond substituents is 1. The van der Waals surface area contributed by atoms with Crippen molar-refractivity contribution in [3.63, 3.8) is 0 Å². The molecule has 1 N–H and O–H groups in total. The molecule has 0 unspecified atom stereocenters. The highest BCUT2D eigenvalue weighted by molar-refractivity contribution is 7.19. The zero-order valence-electron chi connectivity index (χ0n) is 10.6. The van der Waals surface area contributed by atoms with Gasteiger partial charge in [-0.05, 0) is 42.8 Å². The van der Waals surface area contributed by atoms with Crippen LogP contribution in [0.5, 0.6) is 11.5 Å². The van der Waals surface area contributed by atoms with Crippen molar-refractivity contribution in [1.82, 2.24) is 0 Å². The lowest BCUT2D eigenvalue weighted by Crippen LogP contribution is -1.92. The van der Waals surface area contributed by atoms with E-state index in [9.17, 15) is 5.11 Å². The summed E-state index contributed by atoms with van der Waals surface area (Å²) >= 11 is 1.65. The number of aromatic hydroxyl groups is 1. The van der Waals surface area contributed by atoms with E-state index in [4.69, 9.17) is 4.74 Å². The molecule has 3 aromatic rings. The Bertz CT molecular complexity index is 716. The van der Waals surface area contributed by atoms with Gasteiger partial charge in [-0.15, -0.1) is 11.3 Å². The molecule has 96 valence electrons. The number of hydrogen-bond acceptors (Lipinski definition) is 3. The maximum absolute atomic E-state index is 9.77. The number of thiophene rings is 1. The first kappa shape index (κ1) is 12.1. The Labute approximate surface area is 115 Å². The van der Waals surface area contributed by atoms with Crippen molar-refractivity contribution in [3.05, 3.63) is 59.0 Å². The first-order valence-corrected chi connectivity index (χ1v) is 6.94. The molecule has 0 fully saturated rings. The smallest absolute Gasteiger partial charge is 0.124 e. The number of benzene rings is 2. The highest BCUT2D eigenvalue weighted by atomic mass is 32.1. The van der Waals surface area contributed by atoms with E-state index in [0.717, 1.165) is 20.7 Å². The molecule has 0 radical (unpaired) electrons. The second kappa shape index (κ2) is 4.94. The number of aryl methyl sites for hydroxylation is 1. The van der Waals surface area contributed by atoms with Gasteiger partial charge in [-0.25, -0.2) is 0 Å². The van der Waals surface area contributed by atoms with Crippen molar-refractivity contribution in [1.29, 1.82) is 0 Å². The first-order valence-electron chi connectivity index (χ1n) is 6.12. The Morgan fingerprint density at radius 1 is 1.11 bits per heavy atom. The van der Waals surface area contributed by atoms with Crippen LogP contribution in [-0.4, -0.2) is 5.11 Å². The van der Waals surface area contributed by atoms with Gasteiger partial charge < -0.3 is 9.84 Å². The molecule has 0 aliphatic heterocycles. The predicted molar refractivity (Wildman–Crippen MR) is 79.0 cm³/mol. The van der Waals surface area contributed by atoms with Crippen LogP contribution in [0.2, 0.25) is 0 Å². The first-order chi connectivity index (χ1) is 9.22. The van der Waals surface area contributed by atoms with Gasteiger partial charge in [-0.3, -0.25) is 0 Å². The van der Waals surface area contributed by atoms with Crippen molar-refractivity contribution in [2.24, 2.45) is 0 Å². The monoisotopic (exact) mass is 270 g/mol. The van der Waals surface area contributed by atoms with E-state index in [2.05, 4.69) is 0 Å². The highest BCUT2D eigenvalue weighted by Gasteiger charge is 2.06. The van der Waals surface area contributed by atoms with E-state index in [0.29, 0.717) is 12.4 Å². The molecule has 3 rings (SSSR count). The summed E-state index contributed by atoms with van der Waals surface area (Å²) in [5.41, 5.74) is 1.19. The molecule has 1 aromatic heterocycles. The van der Waals surface area contributed by atoms with E-state index >= 15 is 0 Å². The lowest BCUT2D eigenvalue weighted by atomic mass is 10.2.